The van der Waals surface area contributed by atoms with Gasteiger partial charge in [0.25, 0.3) is 0 Å². The van der Waals surface area contributed by atoms with Crippen molar-refractivity contribution in [1.82, 2.24) is 0 Å². The highest BCUT2D eigenvalue weighted by molar-refractivity contribution is 5.52. The molecule has 1 rings (SSSR count). The van der Waals surface area contributed by atoms with E-state index in [1.54, 1.807) is 0 Å². The first-order valence-corrected chi connectivity index (χ1v) is 5.67. The topological polar surface area (TPSA) is 29.3 Å². The highest BCUT2D eigenvalue weighted by atomic mass is 15.1. The Kier molecular flexibility index (Phi) is 4.63. The largest absolute Gasteiger partial charge is 0.374 e. The molecule has 15 heavy (non-hydrogen) atoms. The van der Waals surface area contributed by atoms with Gasteiger partial charge in [0.05, 0.1) is 0 Å². The van der Waals surface area contributed by atoms with E-state index in [9.17, 15) is 0 Å². The molecule has 0 bridgehead atoms. The Morgan fingerprint density at radius 3 is 2.60 bits per heavy atom. The molecule has 0 spiro atoms. The lowest BCUT2D eigenvalue weighted by molar-refractivity contribution is 0.594. The molecule has 0 aromatic heterocycles. The van der Waals surface area contributed by atoms with Gasteiger partial charge in [0.2, 0.25) is 0 Å². The molecule has 0 aliphatic carbocycles. The van der Waals surface area contributed by atoms with Gasteiger partial charge < -0.3 is 10.6 Å². The van der Waals surface area contributed by atoms with Crippen molar-refractivity contribution in [2.75, 3.05) is 18.5 Å². The van der Waals surface area contributed by atoms with Crippen molar-refractivity contribution in [3.8, 4) is 0 Å². The number of rotatable bonds is 5. The van der Waals surface area contributed by atoms with Gasteiger partial charge in [-0.1, -0.05) is 25.1 Å². The number of para-hydroxylation sites is 1. The minimum atomic E-state index is 0.330. The standard InChI is InChI=1S/C13H22N2/c1-4-12(14)9-10-15(3)13-8-6-5-7-11(13)2/h5-8,12H,4,9-10,14H2,1-3H3. The van der Waals surface area contributed by atoms with Gasteiger partial charge in [-0.05, 0) is 31.4 Å². The van der Waals surface area contributed by atoms with Crippen molar-refractivity contribution in [2.45, 2.75) is 32.7 Å². The summed E-state index contributed by atoms with van der Waals surface area (Å²) < 4.78 is 0. The quantitative estimate of drug-likeness (QED) is 0.802. The summed E-state index contributed by atoms with van der Waals surface area (Å²) >= 11 is 0. The van der Waals surface area contributed by atoms with Gasteiger partial charge in [-0.15, -0.1) is 0 Å². The number of hydrogen-bond acceptors (Lipinski definition) is 2. The van der Waals surface area contributed by atoms with E-state index in [1.165, 1.54) is 11.3 Å². The molecule has 0 saturated heterocycles. The second-order valence-electron chi connectivity index (χ2n) is 4.17. The lowest BCUT2D eigenvalue weighted by Gasteiger charge is -2.22. The van der Waals surface area contributed by atoms with Crippen molar-refractivity contribution in [2.24, 2.45) is 5.73 Å². The third-order valence-electron chi connectivity index (χ3n) is 2.89. The second kappa shape index (κ2) is 5.76. The van der Waals surface area contributed by atoms with E-state index in [0.717, 1.165) is 19.4 Å². The van der Waals surface area contributed by atoms with Gasteiger partial charge >= 0.3 is 0 Å². The zero-order valence-electron chi connectivity index (χ0n) is 10.0. The fraction of sp³-hybridized carbons (Fsp3) is 0.538. The first-order chi connectivity index (χ1) is 7.15. The third kappa shape index (κ3) is 3.56. The summed E-state index contributed by atoms with van der Waals surface area (Å²) in [6.07, 6.45) is 2.11. The van der Waals surface area contributed by atoms with Crippen LogP contribution in [0.15, 0.2) is 24.3 Å². The fourth-order valence-electron chi connectivity index (χ4n) is 1.68. The van der Waals surface area contributed by atoms with Crippen molar-refractivity contribution in [1.29, 1.82) is 0 Å². The average molecular weight is 206 g/mol. The molecular formula is C13H22N2. The summed E-state index contributed by atoms with van der Waals surface area (Å²) in [6.45, 7) is 5.31. The van der Waals surface area contributed by atoms with Crippen molar-refractivity contribution >= 4 is 5.69 Å². The van der Waals surface area contributed by atoms with Crippen LogP contribution in [0.5, 0.6) is 0 Å². The van der Waals surface area contributed by atoms with E-state index in [0.29, 0.717) is 6.04 Å². The Labute approximate surface area is 93.1 Å². The number of aryl methyl sites for hydroxylation is 1. The summed E-state index contributed by atoms with van der Waals surface area (Å²) in [6, 6.07) is 8.79. The van der Waals surface area contributed by atoms with Gasteiger partial charge in [-0.2, -0.15) is 0 Å². The van der Waals surface area contributed by atoms with Crippen LogP contribution in [-0.2, 0) is 0 Å². The number of benzene rings is 1. The monoisotopic (exact) mass is 206 g/mol. The summed E-state index contributed by atoms with van der Waals surface area (Å²) in [4.78, 5) is 2.28. The van der Waals surface area contributed by atoms with Gasteiger partial charge in [-0.25, -0.2) is 0 Å². The molecule has 2 N–H and O–H groups in total. The maximum Gasteiger partial charge on any atom is 0.0393 e. The molecule has 2 heteroatoms. The second-order valence-corrected chi connectivity index (χ2v) is 4.17. The minimum absolute atomic E-state index is 0.330. The van der Waals surface area contributed by atoms with E-state index in [2.05, 4.69) is 50.1 Å². The molecule has 0 fully saturated rings. The Hall–Kier alpha value is -1.02. The minimum Gasteiger partial charge on any atom is -0.374 e. The molecule has 1 aromatic rings. The molecule has 84 valence electrons. The predicted octanol–water partition coefficient (Wildman–Crippen LogP) is 2.56. The molecule has 0 saturated carbocycles. The molecule has 0 aliphatic rings. The maximum atomic E-state index is 5.91. The summed E-state index contributed by atoms with van der Waals surface area (Å²) in [5, 5.41) is 0. The van der Waals surface area contributed by atoms with Gasteiger partial charge in [0.1, 0.15) is 0 Å². The molecule has 1 atom stereocenters. The summed E-state index contributed by atoms with van der Waals surface area (Å²) in [5.74, 6) is 0. The van der Waals surface area contributed by atoms with Crippen LogP contribution in [0.1, 0.15) is 25.3 Å². The van der Waals surface area contributed by atoms with E-state index in [-0.39, 0.29) is 0 Å². The Morgan fingerprint density at radius 2 is 2.00 bits per heavy atom. The normalized spacial score (nSPS) is 12.5. The molecular weight excluding hydrogens is 184 g/mol. The number of nitrogens with zero attached hydrogens (tertiary/aromatic N) is 1. The molecule has 2 nitrogen and oxygen atoms in total. The molecule has 0 radical (unpaired) electrons. The first-order valence-electron chi connectivity index (χ1n) is 5.67. The highest BCUT2D eigenvalue weighted by Gasteiger charge is 2.05. The Bertz CT molecular complexity index is 296. The van der Waals surface area contributed by atoms with Crippen LogP contribution in [0.4, 0.5) is 5.69 Å². The third-order valence-corrected chi connectivity index (χ3v) is 2.89. The average Bonchev–Trinajstić information content (AvgIpc) is 2.26. The van der Waals surface area contributed by atoms with Crippen molar-refractivity contribution < 1.29 is 0 Å². The van der Waals surface area contributed by atoms with Crippen LogP contribution >= 0.6 is 0 Å². The zero-order valence-corrected chi connectivity index (χ0v) is 10.0. The van der Waals surface area contributed by atoms with Crippen LogP contribution in [-0.4, -0.2) is 19.6 Å². The molecule has 0 aliphatic heterocycles. The molecule has 1 unspecified atom stereocenters. The smallest absolute Gasteiger partial charge is 0.0393 e. The van der Waals surface area contributed by atoms with Crippen LogP contribution in [0, 0.1) is 6.92 Å². The lowest BCUT2D eigenvalue weighted by atomic mass is 10.1. The summed E-state index contributed by atoms with van der Waals surface area (Å²) in [5.41, 5.74) is 8.54. The van der Waals surface area contributed by atoms with Crippen LogP contribution in [0.3, 0.4) is 0 Å². The van der Waals surface area contributed by atoms with Gasteiger partial charge in [0.15, 0.2) is 0 Å². The molecule has 0 heterocycles. The SMILES string of the molecule is CCC(N)CCN(C)c1ccccc1C. The number of nitrogens with two attached hydrogens (primary N) is 1. The van der Waals surface area contributed by atoms with E-state index < -0.39 is 0 Å². The highest BCUT2D eigenvalue weighted by Crippen LogP contribution is 2.17. The lowest BCUT2D eigenvalue weighted by Crippen LogP contribution is -2.27. The van der Waals surface area contributed by atoms with E-state index >= 15 is 0 Å². The fourth-order valence-corrected chi connectivity index (χ4v) is 1.68. The van der Waals surface area contributed by atoms with E-state index in [1.807, 2.05) is 0 Å². The van der Waals surface area contributed by atoms with Crippen LogP contribution < -0.4 is 10.6 Å². The maximum absolute atomic E-state index is 5.91. The van der Waals surface area contributed by atoms with Gasteiger partial charge in [0, 0.05) is 25.3 Å². The summed E-state index contributed by atoms with van der Waals surface area (Å²) in [7, 11) is 2.13. The predicted molar refractivity (Wildman–Crippen MR) is 67.3 cm³/mol. The van der Waals surface area contributed by atoms with Gasteiger partial charge in [-0.3, -0.25) is 0 Å². The first kappa shape index (κ1) is 12.1. The van der Waals surface area contributed by atoms with E-state index in [4.69, 9.17) is 5.73 Å². The van der Waals surface area contributed by atoms with Crippen molar-refractivity contribution in [3.05, 3.63) is 29.8 Å². The van der Waals surface area contributed by atoms with Crippen LogP contribution in [0.25, 0.3) is 0 Å². The van der Waals surface area contributed by atoms with Crippen LogP contribution in [0.2, 0.25) is 0 Å². The number of hydrogen-bond donors (Lipinski definition) is 1. The Balaban J connectivity index is 2.54. The Morgan fingerprint density at radius 1 is 1.33 bits per heavy atom. The molecule has 1 aromatic carbocycles. The van der Waals surface area contributed by atoms with Crippen molar-refractivity contribution in [3.63, 3.8) is 0 Å². The number of anilines is 1. The zero-order chi connectivity index (χ0) is 11.3. The molecule has 0 amide bonds.